The average Bonchev–Trinajstić information content (AvgIpc) is 2.41. The number of aliphatic carboxylic acids is 1. The zero-order chi connectivity index (χ0) is 9.52. The van der Waals surface area contributed by atoms with Gasteiger partial charge in [0.2, 0.25) is 0 Å². The van der Waals surface area contributed by atoms with Gasteiger partial charge in [0.25, 0.3) is 0 Å². The highest BCUT2D eigenvalue weighted by atomic mass is 35.5. The van der Waals surface area contributed by atoms with E-state index in [4.69, 9.17) is 28.3 Å². The molecule has 2 unspecified atom stereocenters. The van der Waals surface area contributed by atoms with Crippen LogP contribution in [0.15, 0.2) is 10.6 Å². The Hall–Kier alpha value is -0.210. The first-order valence-corrected chi connectivity index (χ1v) is 4.45. The molecule has 0 bridgehead atoms. The number of carboxylic acids is 1. The number of carboxylic acid groups (broad SMARTS) is 1. The lowest BCUT2D eigenvalue weighted by atomic mass is 10.0. The summed E-state index contributed by atoms with van der Waals surface area (Å²) >= 11 is 10.9. The molecule has 0 radical (unpaired) electrons. The number of rotatable bonds is 2. The third kappa shape index (κ3) is 1.23. The van der Waals surface area contributed by atoms with Gasteiger partial charge in [0.15, 0.2) is 0 Å². The van der Waals surface area contributed by atoms with Crippen molar-refractivity contribution in [1.82, 2.24) is 0 Å². The van der Waals surface area contributed by atoms with Gasteiger partial charge in [-0.2, -0.15) is 0 Å². The Morgan fingerprint density at radius 3 is 1.92 bits per heavy atom. The zero-order valence-electron chi connectivity index (χ0n) is 6.84. The Labute approximate surface area is 81.2 Å². The molecule has 0 heterocycles. The Bertz CT molecular complexity index is 235. The molecular formula is C8H10Cl2O2. The van der Waals surface area contributed by atoms with Crippen molar-refractivity contribution < 1.29 is 9.90 Å². The fourth-order valence-electron chi connectivity index (χ4n) is 1.70. The van der Waals surface area contributed by atoms with Crippen LogP contribution < -0.4 is 0 Å². The summed E-state index contributed by atoms with van der Waals surface area (Å²) in [7, 11) is 0. The molecule has 2 atom stereocenters. The number of hydrogen-bond acceptors (Lipinski definition) is 1. The van der Waals surface area contributed by atoms with Gasteiger partial charge < -0.3 is 5.11 Å². The van der Waals surface area contributed by atoms with E-state index in [9.17, 15) is 4.79 Å². The van der Waals surface area contributed by atoms with E-state index in [1.807, 2.05) is 13.8 Å². The van der Waals surface area contributed by atoms with E-state index in [1.54, 1.807) is 0 Å². The standard InChI is InChI=1S/C8H10Cl2O2/c1-4-5(2)8(4,7(11)12)3-6(9)10/h3-5H,1-2H3,(H,11,12). The first-order valence-electron chi connectivity index (χ1n) is 3.70. The molecule has 1 saturated carbocycles. The van der Waals surface area contributed by atoms with Crippen molar-refractivity contribution in [2.75, 3.05) is 0 Å². The molecule has 0 aromatic carbocycles. The molecule has 1 fully saturated rings. The maximum atomic E-state index is 10.9. The van der Waals surface area contributed by atoms with Crippen molar-refractivity contribution in [1.29, 1.82) is 0 Å². The molecule has 0 amide bonds. The van der Waals surface area contributed by atoms with Crippen molar-refractivity contribution in [2.45, 2.75) is 13.8 Å². The van der Waals surface area contributed by atoms with Crippen molar-refractivity contribution >= 4 is 29.2 Å². The van der Waals surface area contributed by atoms with E-state index >= 15 is 0 Å². The molecule has 1 rings (SSSR count). The monoisotopic (exact) mass is 208 g/mol. The van der Waals surface area contributed by atoms with Gasteiger partial charge in [0, 0.05) is 0 Å². The van der Waals surface area contributed by atoms with Crippen molar-refractivity contribution in [3.05, 3.63) is 10.6 Å². The van der Waals surface area contributed by atoms with Crippen LogP contribution in [-0.4, -0.2) is 11.1 Å². The average molecular weight is 209 g/mol. The van der Waals surface area contributed by atoms with Gasteiger partial charge in [0.1, 0.15) is 4.49 Å². The van der Waals surface area contributed by atoms with Crippen LogP contribution in [0.4, 0.5) is 0 Å². The van der Waals surface area contributed by atoms with E-state index < -0.39 is 11.4 Å². The Balaban J connectivity index is 2.94. The van der Waals surface area contributed by atoms with Crippen molar-refractivity contribution in [3.8, 4) is 0 Å². The first-order chi connectivity index (χ1) is 5.43. The lowest BCUT2D eigenvalue weighted by Gasteiger charge is -2.04. The minimum Gasteiger partial charge on any atom is -0.481 e. The van der Waals surface area contributed by atoms with Gasteiger partial charge in [-0.25, -0.2) is 0 Å². The van der Waals surface area contributed by atoms with Crippen LogP contribution in [-0.2, 0) is 4.79 Å². The van der Waals surface area contributed by atoms with Gasteiger partial charge in [0.05, 0.1) is 5.41 Å². The Kier molecular flexibility index (Phi) is 2.41. The fourth-order valence-corrected chi connectivity index (χ4v) is 2.06. The summed E-state index contributed by atoms with van der Waals surface area (Å²) < 4.78 is 0.0357. The van der Waals surface area contributed by atoms with E-state index in [0.29, 0.717) is 0 Å². The summed E-state index contributed by atoms with van der Waals surface area (Å²) in [4.78, 5) is 10.9. The largest absolute Gasteiger partial charge is 0.481 e. The molecule has 0 saturated heterocycles. The third-order valence-electron chi connectivity index (χ3n) is 2.87. The summed E-state index contributed by atoms with van der Waals surface area (Å²) in [5, 5.41) is 8.93. The smallest absolute Gasteiger partial charge is 0.314 e. The summed E-state index contributed by atoms with van der Waals surface area (Å²) in [5.74, 6) is -0.619. The molecule has 1 aliphatic carbocycles. The zero-order valence-corrected chi connectivity index (χ0v) is 8.36. The third-order valence-corrected chi connectivity index (χ3v) is 3.08. The fraction of sp³-hybridized carbons (Fsp3) is 0.625. The van der Waals surface area contributed by atoms with Crippen LogP contribution in [0.1, 0.15) is 13.8 Å². The SMILES string of the molecule is CC1C(C)C1(C=C(Cl)Cl)C(=O)O. The molecule has 1 N–H and O–H groups in total. The highest BCUT2D eigenvalue weighted by Crippen LogP contribution is 2.60. The van der Waals surface area contributed by atoms with E-state index in [-0.39, 0.29) is 16.3 Å². The number of carbonyl (C=O) groups is 1. The second-order valence-electron chi connectivity index (χ2n) is 3.25. The van der Waals surface area contributed by atoms with Crippen LogP contribution in [0.5, 0.6) is 0 Å². The molecule has 2 nitrogen and oxygen atoms in total. The maximum absolute atomic E-state index is 10.9. The van der Waals surface area contributed by atoms with Gasteiger partial charge in [-0.3, -0.25) is 4.79 Å². The minimum absolute atomic E-state index is 0.0357. The second kappa shape index (κ2) is 2.93. The topological polar surface area (TPSA) is 37.3 Å². The molecule has 0 aliphatic heterocycles. The van der Waals surface area contributed by atoms with Crippen LogP contribution in [0.25, 0.3) is 0 Å². The van der Waals surface area contributed by atoms with Crippen molar-refractivity contribution in [2.24, 2.45) is 17.3 Å². The maximum Gasteiger partial charge on any atom is 0.314 e. The molecular weight excluding hydrogens is 199 g/mol. The Morgan fingerprint density at radius 2 is 1.83 bits per heavy atom. The molecule has 0 aromatic rings. The lowest BCUT2D eigenvalue weighted by Crippen LogP contribution is -2.15. The molecule has 1 aliphatic rings. The molecule has 0 aromatic heterocycles. The molecule has 0 spiro atoms. The molecule has 4 heteroatoms. The number of halogens is 2. The lowest BCUT2D eigenvalue weighted by molar-refractivity contribution is -0.142. The van der Waals surface area contributed by atoms with Crippen LogP contribution >= 0.6 is 23.2 Å². The highest BCUT2D eigenvalue weighted by Gasteiger charge is 2.63. The first kappa shape index (κ1) is 9.87. The predicted molar refractivity (Wildman–Crippen MR) is 48.2 cm³/mol. The Morgan fingerprint density at radius 1 is 1.42 bits per heavy atom. The minimum atomic E-state index is -0.846. The van der Waals surface area contributed by atoms with Gasteiger partial charge in [-0.15, -0.1) is 0 Å². The van der Waals surface area contributed by atoms with Crippen LogP contribution in [0.2, 0.25) is 0 Å². The predicted octanol–water partition coefficient (Wildman–Crippen LogP) is 2.66. The van der Waals surface area contributed by atoms with Gasteiger partial charge in [-0.05, 0) is 17.9 Å². The van der Waals surface area contributed by atoms with E-state index in [0.717, 1.165) is 0 Å². The van der Waals surface area contributed by atoms with Gasteiger partial charge >= 0.3 is 5.97 Å². The summed E-state index contributed by atoms with van der Waals surface area (Å²) in [6.45, 7) is 3.76. The van der Waals surface area contributed by atoms with Crippen LogP contribution in [0.3, 0.4) is 0 Å². The second-order valence-corrected chi connectivity index (χ2v) is 4.26. The van der Waals surface area contributed by atoms with Crippen molar-refractivity contribution in [3.63, 3.8) is 0 Å². The van der Waals surface area contributed by atoms with Gasteiger partial charge in [-0.1, -0.05) is 37.0 Å². The highest BCUT2D eigenvalue weighted by molar-refractivity contribution is 6.56. The van der Waals surface area contributed by atoms with E-state index in [1.165, 1.54) is 6.08 Å². The summed E-state index contributed by atoms with van der Waals surface area (Å²) in [6.07, 6.45) is 1.42. The molecule has 12 heavy (non-hydrogen) atoms. The summed E-state index contributed by atoms with van der Waals surface area (Å²) in [5.41, 5.74) is -0.821. The van der Waals surface area contributed by atoms with Crippen LogP contribution in [0, 0.1) is 17.3 Å². The van der Waals surface area contributed by atoms with E-state index in [2.05, 4.69) is 0 Å². The number of hydrogen-bond donors (Lipinski definition) is 1. The molecule has 68 valence electrons. The quantitative estimate of drug-likeness (QED) is 0.758. The normalized spacial score (nSPS) is 39.0. The summed E-state index contributed by atoms with van der Waals surface area (Å²) in [6, 6.07) is 0.